The highest BCUT2D eigenvalue weighted by molar-refractivity contribution is 5.43. The zero-order chi connectivity index (χ0) is 13.8. The number of hydrogen-bond acceptors (Lipinski definition) is 2. The standard InChI is InChI=1S/C15H17FN2O/c1-3-18-10-14(7-8-15(18)19)17-11(2)12-5-4-6-13(16)9-12/h4-11,17H,3H2,1-2H3. The predicted octanol–water partition coefficient (Wildman–Crippen LogP) is 3.18. The van der Waals surface area contributed by atoms with E-state index in [1.165, 1.54) is 18.2 Å². The van der Waals surface area contributed by atoms with Gasteiger partial charge in [-0.2, -0.15) is 0 Å². The molecule has 0 saturated carbocycles. The van der Waals surface area contributed by atoms with Crippen LogP contribution in [0.4, 0.5) is 10.1 Å². The predicted molar refractivity (Wildman–Crippen MR) is 74.8 cm³/mol. The highest BCUT2D eigenvalue weighted by Crippen LogP contribution is 2.18. The molecule has 1 unspecified atom stereocenters. The summed E-state index contributed by atoms with van der Waals surface area (Å²) in [4.78, 5) is 11.5. The quantitative estimate of drug-likeness (QED) is 0.916. The molecule has 0 aliphatic heterocycles. The Morgan fingerprint density at radius 2 is 2.11 bits per heavy atom. The van der Waals surface area contributed by atoms with Crippen molar-refractivity contribution in [3.05, 3.63) is 64.3 Å². The average molecular weight is 260 g/mol. The lowest BCUT2D eigenvalue weighted by Gasteiger charge is -2.16. The number of aryl methyl sites for hydroxylation is 1. The molecule has 2 rings (SSSR count). The van der Waals surface area contributed by atoms with Gasteiger partial charge in [0.15, 0.2) is 0 Å². The maximum Gasteiger partial charge on any atom is 0.250 e. The van der Waals surface area contributed by atoms with Gasteiger partial charge in [-0.05, 0) is 37.6 Å². The van der Waals surface area contributed by atoms with E-state index in [9.17, 15) is 9.18 Å². The molecule has 0 bridgehead atoms. The van der Waals surface area contributed by atoms with Crippen molar-refractivity contribution in [2.45, 2.75) is 26.4 Å². The van der Waals surface area contributed by atoms with E-state index in [2.05, 4.69) is 5.32 Å². The summed E-state index contributed by atoms with van der Waals surface area (Å²) in [7, 11) is 0. The lowest BCUT2D eigenvalue weighted by Crippen LogP contribution is -2.18. The van der Waals surface area contributed by atoms with Crippen LogP contribution in [0.2, 0.25) is 0 Å². The van der Waals surface area contributed by atoms with Crippen LogP contribution in [0.15, 0.2) is 47.4 Å². The summed E-state index contributed by atoms with van der Waals surface area (Å²) in [6, 6.07) is 9.74. The second-order valence-electron chi connectivity index (χ2n) is 4.46. The molecule has 2 aromatic rings. The summed E-state index contributed by atoms with van der Waals surface area (Å²) in [6.07, 6.45) is 1.78. The summed E-state index contributed by atoms with van der Waals surface area (Å²) in [6.45, 7) is 4.50. The number of benzene rings is 1. The normalized spacial score (nSPS) is 12.2. The van der Waals surface area contributed by atoms with Gasteiger partial charge in [-0.3, -0.25) is 4.79 Å². The summed E-state index contributed by atoms with van der Waals surface area (Å²) in [5.41, 5.74) is 1.69. The molecule has 0 amide bonds. The minimum absolute atomic E-state index is 0.0218. The molecular formula is C15H17FN2O. The Morgan fingerprint density at radius 1 is 1.32 bits per heavy atom. The largest absolute Gasteiger partial charge is 0.377 e. The van der Waals surface area contributed by atoms with Crippen LogP contribution in [0, 0.1) is 5.82 Å². The molecule has 0 fully saturated rings. The molecule has 0 spiro atoms. The lowest BCUT2D eigenvalue weighted by atomic mass is 10.1. The molecule has 1 atom stereocenters. The highest BCUT2D eigenvalue weighted by atomic mass is 19.1. The maximum absolute atomic E-state index is 13.2. The van der Waals surface area contributed by atoms with Crippen LogP contribution < -0.4 is 10.9 Å². The van der Waals surface area contributed by atoms with E-state index in [1.54, 1.807) is 22.9 Å². The summed E-state index contributed by atoms with van der Waals surface area (Å²) in [5, 5.41) is 3.26. The Kier molecular flexibility index (Phi) is 4.00. The van der Waals surface area contributed by atoms with E-state index >= 15 is 0 Å². The minimum Gasteiger partial charge on any atom is -0.377 e. The van der Waals surface area contributed by atoms with Crippen molar-refractivity contribution >= 4 is 5.69 Å². The van der Waals surface area contributed by atoms with Gasteiger partial charge in [-0.25, -0.2) is 4.39 Å². The zero-order valence-electron chi connectivity index (χ0n) is 11.1. The minimum atomic E-state index is -0.246. The molecule has 4 heteroatoms. The van der Waals surface area contributed by atoms with E-state index in [0.717, 1.165) is 11.3 Å². The second kappa shape index (κ2) is 5.69. The number of anilines is 1. The average Bonchev–Trinajstić information content (AvgIpc) is 2.41. The molecule has 0 saturated heterocycles. The van der Waals surface area contributed by atoms with Gasteiger partial charge in [0.05, 0.1) is 5.69 Å². The van der Waals surface area contributed by atoms with Crippen LogP contribution >= 0.6 is 0 Å². The van der Waals surface area contributed by atoms with Gasteiger partial charge >= 0.3 is 0 Å². The van der Waals surface area contributed by atoms with Crippen molar-refractivity contribution in [2.24, 2.45) is 0 Å². The van der Waals surface area contributed by atoms with Gasteiger partial charge < -0.3 is 9.88 Å². The molecular weight excluding hydrogens is 243 g/mol. The number of pyridine rings is 1. The van der Waals surface area contributed by atoms with Crippen LogP contribution in [-0.2, 0) is 6.54 Å². The van der Waals surface area contributed by atoms with Gasteiger partial charge in [0.2, 0.25) is 0 Å². The Labute approximate surface area is 111 Å². The van der Waals surface area contributed by atoms with Crippen molar-refractivity contribution < 1.29 is 4.39 Å². The van der Waals surface area contributed by atoms with E-state index in [-0.39, 0.29) is 17.4 Å². The van der Waals surface area contributed by atoms with Gasteiger partial charge in [0.1, 0.15) is 5.82 Å². The molecule has 0 aliphatic carbocycles. The van der Waals surface area contributed by atoms with E-state index in [0.29, 0.717) is 6.54 Å². The molecule has 1 heterocycles. The molecule has 19 heavy (non-hydrogen) atoms. The van der Waals surface area contributed by atoms with E-state index in [1.807, 2.05) is 19.9 Å². The van der Waals surface area contributed by atoms with Gasteiger partial charge in [0, 0.05) is 24.8 Å². The van der Waals surface area contributed by atoms with Crippen molar-refractivity contribution in [1.82, 2.24) is 4.57 Å². The first-order valence-electron chi connectivity index (χ1n) is 6.32. The smallest absolute Gasteiger partial charge is 0.250 e. The van der Waals surface area contributed by atoms with E-state index in [4.69, 9.17) is 0 Å². The summed E-state index contributed by atoms with van der Waals surface area (Å²) < 4.78 is 14.8. The number of nitrogens with zero attached hydrogens (tertiary/aromatic N) is 1. The topological polar surface area (TPSA) is 34.0 Å². The third kappa shape index (κ3) is 3.22. The Hall–Kier alpha value is -2.10. The molecule has 1 aromatic heterocycles. The van der Waals surface area contributed by atoms with Crippen molar-refractivity contribution in [1.29, 1.82) is 0 Å². The molecule has 3 nitrogen and oxygen atoms in total. The van der Waals surface area contributed by atoms with Crippen LogP contribution in [0.3, 0.4) is 0 Å². The fourth-order valence-corrected chi connectivity index (χ4v) is 1.97. The Morgan fingerprint density at radius 3 is 2.79 bits per heavy atom. The number of halogens is 1. The summed E-state index contributed by atoms with van der Waals surface area (Å²) in [5.74, 6) is -0.246. The number of rotatable bonds is 4. The molecule has 1 aromatic carbocycles. The van der Waals surface area contributed by atoms with Gasteiger partial charge in [-0.1, -0.05) is 12.1 Å². The second-order valence-corrected chi connectivity index (χ2v) is 4.46. The fraction of sp³-hybridized carbons (Fsp3) is 0.267. The molecule has 0 aliphatic rings. The lowest BCUT2D eigenvalue weighted by molar-refractivity contribution is 0.623. The number of nitrogens with one attached hydrogen (secondary N) is 1. The first-order valence-corrected chi connectivity index (χ1v) is 6.32. The number of hydrogen-bond donors (Lipinski definition) is 1. The zero-order valence-corrected chi connectivity index (χ0v) is 11.1. The first kappa shape index (κ1) is 13.3. The number of aromatic nitrogens is 1. The van der Waals surface area contributed by atoms with Crippen LogP contribution in [-0.4, -0.2) is 4.57 Å². The van der Waals surface area contributed by atoms with Crippen LogP contribution in [0.5, 0.6) is 0 Å². The summed E-state index contributed by atoms with van der Waals surface area (Å²) >= 11 is 0. The van der Waals surface area contributed by atoms with Crippen LogP contribution in [0.25, 0.3) is 0 Å². The third-order valence-electron chi connectivity index (χ3n) is 3.06. The molecule has 100 valence electrons. The van der Waals surface area contributed by atoms with Crippen molar-refractivity contribution in [3.63, 3.8) is 0 Å². The first-order chi connectivity index (χ1) is 9.10. The third-order valence-corrected chi connectivity index (χ3v) is 3.06. The Bertz CT molecular complexity index is 622. The van der Waals surface area contributed by atoms with Crippen molar-refractivity contribution in [2.75, 3.05) is 5.32 Å². The monoisotopic (exact) mass is 260 g/mol. The fourth-order valence-electron chi connectivity index (χ4n) is 1.97. The van der Waals surface area contributed by atoms with Crippen LogP contribution in [0.1, 0.15) is 25.5 Å². The highest BCUT2D eigenvalue weighted by Gasteiger charge is 2.06. The van der Waals surface area contributed by atoms with Gasteiger partial charge in [0.25, 0.3) is 5.56 Å². The maximum atomic E-state index is 13.2. The van der Waals surface area contributed by atoms with E-state index < -0.39 is 0 Å². The SMILES string of the molecule is CCn1cc(NC(C)c2cccc(F)c2)ccc1=O. The van der Waals surface area contributed by atoms with Crippen molar-refractivity contribution in [3.8, 4) is 0 Å². The molecule has 0 radical (unpaired) electrons. The van der Waals surface area contributed by atoms with Gasteiger partial charge in [-0.15, -0.1) is 0 Å². The Balaban J connectivity index is 2.19. The molecule has 1 N–H and O–H groups in total.